The highest BCUT2D eigenvalue weighted by Gasteiger charge is 2.11. The summed E-state index contributed by atoms with van der Waals surface area (Å²) in [5, 5.41) is 5.06. The molecule has 0 aliphatic heterocycles. The van der Waals surface area contributed by atoms with Crippen LogP contribution in [0, 0.1) is 0 Å². The number of rotatable bonds is 9. The number of benzene rings is 4. The van der Waals surface area contributed by atoms with Crippen molar-refractivity contribution in [2.24, 2.45) is 0 Å². The van der Waals surface area contributed by atoms with Gasteiger partial charge in [-0.3, -0.25) is 4.79 Å². The van der Waals surface area contributed by atoms with Crippen LogP contribution in [0.5, 0.6) is 0 Å². The van der Waals surface area contributed by atoms with Crippen molar-refractivity contribution in [2.75, 3.05) is 24.6 Å². The van der Waals surface area contributed by atoms with Gasteiger partial charge >= 0.3 is 0 Å². The van der Waals surface area contributed by atoms with E-state index in [1.807, 2.05) is 35.3 Å². The molecule has 0 aliphatic rings. The summed E-state index contributed by atoms with van der Waals surface area (Å²) in [6, 6.07) is 30.0. The van der Waals surface area contributed by atoms with Crippen molar-refractivity contribution in [2.45, 2.75) is 23.1 Å². The number of carbonyl (C=O) groups excluding carboxylic acids is 1. The molecule has 4 aromatic rings. The van der Waals surface area contributed by atoms with Crippen LogP contribution in [0.3, 0.4) is 0 Å². The lowest BCUT2D eigenvalue weighted by atomic mass is 10.1. The van der Waals surface area contributed by atoms with E-state index in [9.17, 15) is 4.79 Å². The van der Waals surface area contributed by atoms with Crippen LogP contribution in [-0.4, -0.2) is 35.4 Å². The highest BCUT2D eigenvalue weighted by molar-refractivity contribution is 7.99. The Morgan fingerprint density at radius 1 is 0.677 bits per heavy atom. The lowest BCUT2D eigenvalue weighted by Crippen LogP contribution is -2.34. The fraction of sp³-hybridized carbons (Fsp3) is 0.222. The van der Waals surface area contributed by atoms with Crippen molar-refractivity contribution in [3.05, 3.63) is 84.9 Å². The second-order valence-corrected chi connectivity index (χ2v) is 9.79. The van der Waals surface area contributed by atoms with Crippen LogP contribution in [0.15, 0.2) is 94.7 Å². The number of nitrogens with zero attached hydrogens (tertiary/aromatic N) is 1. The second kappa shape index (κ2) is 10.7. The molecular weight excluding hydrogens is 418 g/mol. The molecule has 0 saturated heterocycles. The van der Waals surface area contributed by atoms with Gasteiger partial charge in [0.2, 0.25) is 5.91 Å². The number of hydrogen-bond donors (Lipinski definition) is 0. The molecule has 0 radical (unpaired) electrons. The number of fused-ring (bicyclic) bond motifs is 2. The maximum Gasteiger partial charge on any atom is 0.222 e. The van der Waals surface area contributed by atoms with Gasteiger partial charge in [0.15, 0.2) is 0 Å². The molecule has 0 bridgehead atoms. The molecule has 0 N–H and O–H groups in total. The molecule has 0 heterocycles. The van der Waals surface area contributed by atoms with Gasteiger partial charge in [0.25, 0.3) is 0 Å². The third kappa shape index (κ3) is 5.84. The Morgan fingerprint density at radius 3 is 1.58 bits per heavy atom. The lowest BCUT2D eigenvalue weighted by molar-refractivity contribution is -0.130. The van der Waals surface area contributed by atoms with E-state index in [1.165, 1.54) is 31.3 Å². The van der Waals surface area contributed by atoms with Gasteiger partial charge in [0.1, 0.15) is 0 Å². The van der Waals surface area contributed by atoms with Crippen molar-refractivity contribution in [1.29, 1.82) is 0 Å². The van der Waals surface area contributed by atoms with E-state index in [-0.39, 0.29) is 5.91 Å². The first-order chi connectivity index (χ1) is 15.2. The van der Waals surface area contributed by atoms with E-state index in [2.05, 4.69) is 84.9 Å². The highest BCUT2D eigenvalue weighted by Crippen LogP contribution is 2.25. The maximum absolute atomic E-state index is 12.5. The zero-order chi connectivity index (χ0) is 21.5. The minimum absolute atomic E-state index is 0.234. The summed E-state index contributed by atoms with van der Waals surface area (Å²) >= 11 is 3.64. The first-order valence-electron chi connectivity index (χ1n) is 10.7. The molecule has 2 nitrogen and oxygen atoms in total. The smallest absolute Gasteiger partial charge is 0.222 e. The summed E-state index contributed by atoms with van der Waals surface area (Å²) in [5.41, 5.74) is 0. The van der Waals surface area contributed by atoms with Crippen LogP contribution in [0.2, 0.25) is 0 Å². The standard InChI is InChI=1S/C27H27NOS2/c1-2-27(29)28(15-17-30-25-13-11-21-7-3-5-9-23(21)19-25)16-18-31-26-14-12-22-8-4-6-10-24(22)20-26/h3-14,19-20H,2,15-18H2,1H3. The van der Waals surface area contributed by atoms with E-state index in [1.54, 1.807) is 0 Å². The minimum Gasteiger partial charge on any atom is -0.341 e. The van der Waals surface area contributed by atoms with Crippen LogP contribution in [-0.2, 0) is 4.79 Å². The van der Waals surface area contributed by atoms with E-state index < -0.39 is 0 Å². The summed E-state index contributed by atoms with van der Waals surface area (Å²) in [5.74, 6) is 2.05. The van der Waals surface area contributed by atoms with Crippen molar-refractivity contribution in [3.63, 3.8) is 0 Å². The molecule has 0 aromatic heterocycles. The molecule has 4 rings (SSSR count). The Kier molecular flexibility index (Phi) is 7.55. The molecular formula is C27H27NOS2. The van der Waals surface area contributed by atoms with Crippen LogP contribution >= 0.6 is 23.5 Å². The molecule has 0 saturated carbocycles. The second-order valence-electron chi connectivity index (χ2n) is 7.45. The fourth-order valence-electron chi connectivity index (χ4n) is 3.65. The van der Waals surface area contributed by atoms with Gasteiger partial charge in [0.05, 0.1) is 0 Å². The zero-order valence-corrected chi connectivity index (χ0v) is 19.4. The molecule has 4 heteroatoms. The average Bonchev–Trinajstić information content (AvgIpc) is 2.82. The summed E-state index contributed by atoms with van der Waals surface area (Å²) in [7, 11) is 0. The number of thioether (sulfide) groups is 2. The first-order valence-corrected chi connectivity index (χ1v) is 12.7. The monoisotopic (exact) mass is 445 g/mol. The Balaban J connectivity index is 1.30. The largest absolute Gasteiger partial charge is 0.341 e. The Morgan fingerprint density at radius 2 is 1.13 bits per heavy atom. The number of carbonyl (C=O) groups is 1. The van der Waals surface area contributed by atoms with E-state index in [4.69, 9.17) is 0 Å². The normalized spacial score (nSPS) is 11.1. The van der Waals surface area contributed by atoms with Crippen molar-refractivity contribution < 1.29 is 4.79 Å². The van der Waals surface area contributed by atoms with Gasteiger partial charge in [0, 0.05) is 40.8 Å². The third-order valence-corrected chi connectivity index (χ3v) is 7.30. The molecule has 0 spiro atoms. The molecule has 1 amide bonds. The van der Waals surface area contributed by atoms with Crippen molar-refractivity contribution >= 4 is 51.0 Å². The topological polar surface area (TPSA) is 20.3 Å². The summed E-state index contributed by atoms with van der Waals surface area (Å²) in [6.07, 6.45) is 0.557. The minimum atomic E-state index is 0.234. The van der Waals surface area contributed by atoms with Crippen LogP contribution in [0.4, 0.5) is 0 Å². The maximum atomic E-state index is 12.5. The predicted molar refractivity (Wildman–Crippen MR) is 136 cm³/mol. The molecule has 0 atom stereocenters. The highest BCUT2D eigenvalue weighted by atomic mass is 32.2. The van der Waals surface area contributed by atoms with E-state index in [0.29, 0.717) is 6.42 Å². The van der Waals surface area contributed by atoms with E-state index in [0.717, 1.165) is 24.6 Å². The molecule has 0 unspecified atom stereocenters. The molecule has 4 aromatic carbocycles. The number of amides is 1. The summed E-state index contributed by atoms with van der Waals surface area (Å²) < 4.78 is 0. The molecule has 0 fully saturated rings. The van der Waals surface area contributed by atoms with Crippen molar-refractivity contribution in [1.82, 2.24) is 4.90 Å². The van der Waals surface area contributed by atoms with Gasteiger partial charge in [-0.1, -0.05) is 67.6 Å². The van der Waals surface area contributed by atoms with Gasteiger partial charge in [-0.2, -0.15) is 0 Å². The van der Waals surface area contributed by atoms with Gasteiger partial charge in [-0.25, -0.2) is 0 Å². The van der Waals surface area contributed by atoms with Crippen LogP contribution in [0.1, 0.15) is 13.3 Å². The fourth-order valence-corrected chi connectivity index (χ4v) is 5.49. The van der Waals surface area contributed by atoms with Crippen LogP contribution < -0.4 is 0 Å². The SMILES string of the molecule is CCC(=O)N(CCSc1ccc2ccccc2c1)CCSc1ccc2ccccc2c1. The quantitative estimate of drug-likeness (QED) is 0.256. The first kappa shape index (κ1) is 21.8. The molecule has 0 aliphatic carbocycles. The summed E-state index contributed by atoms with van der Waals surface area (Å²) in [6.45, 7) is 3.51. The lowest BCUT2D eigenvalue weighted by Gasteiger charge is -2.22. The summed E-state index contributed by atoms with van der Waals surface area (Å²) in [4.78, 5) is 17.0. The Bertz CT molecular complexity index is 1090. The average molecular weight is 446 g/mol. The van der Waals surface area contributed by atoms with Gasteiger partial charge < -0.3 is 4.90 Å². The predicted octanol–water partition coefficient (Wildman–Crippen LogP) is 7.12. The zero-order valence-electron chi connectivity index (χ0n) is 17.8. The Hall–Kier alpha value is -2.43. The van der Waals surface area contributed by atoms with Crippen molar-refractivity contribution in [3.8, 4) is 0 Å². The van der Waals surface area contributed by atoms with E-state index >= 15 is 0 Å². The van der Waals surface area contributed by atoms with Gasteiger partial charge in [-0.05, 0) is 45.8 Å². The molecule has 158 valence electrons. The van der Waals surface area contributed by atoms with Crippen LogP contribution in [0.25, 0.3) is 21.5 Å². The third-order valence-electron chi connectivity index (χ3n) is 5.36. The van der Waals surface area contributed by atoms with Gasteiger partial charge in [-0.15, -0.1) is 23.5 Å². The number of hydrogen-bond acceptors (Lipinski definition) is 3. The molecule has 31 heavy (non-hydrogen) atoms. The Labute approximate surface area is 193 Å².